The van der Waals surface area contributed by atoms with E-state index in [0.717, 1.165) is 11.1 Å². The van der Waals surface area contributed by atoms with Gasteiger partial charge >= 0.3 is 0 Å². The van der Waals surface area contributed by atoms with Crippen LogP contribution in [0.1, 0.15) is 5.56 Å². The average molecular weight is 331 g/mol. The highest BCUT2D eigenvalue weighted by atomic mass is 35.5. The van der Waals surface area contributed by atoms with Crippen molar-refractivity contribution in [2.75, 3.05) is 0 Å². The van der Waals surface area contributed by atoms with Gasteiger partial charge in [0.15, 0.2) is 5.82 Å². The van der Waals surface area contributed by atoms with Crippen molar-refractivity contribution in [2.45, 2.75) is 0 Å². The minimum atomic E-state index is 0.0312. The molecule has 0 saturated heterocycles. The highest BCUT2D eigenvalue weighted by molar-refractivity contribution is 7.71. The number of aromatic amines is 1. The number of benzene rings is 2. The van der Waals surface area contributed by atoms with Crippen molar-refractivity contribution in [1.82, 2.24) is 14.9 Å². The van der Waals surface area contributed by atoms with Crippen LogP contribution in [0.25, 0.3) is 11.4 Å². The second kappa shape index (κ2) is 6.13. The van der Waals surface area contributed by atoms with Gasteiger partial charge in [-0.2, -0.15) is 14.9 Å². The van der Waals surface area contributed by atoms with Crippen LogP contribution in [0, 0.1) is 4.77 Å². The zero-order valence-electron chi connectivity index (χ0n) is 11.3. The van der Waals surface area contributed by atoms with Crippen molar-refractivity contribution in [3.05, 3.63) is 63.9 Å². The Morgan fingerprint density at radius 1 is 1.23 bits per heavy atom. The van der Waals surface area contributed by atoms with Gasteiger partial charge in [-0.3, -0.25) is 0 Å². The molecule has 0 saturated carbocycles. The summed E-state index contributed by atoms with van der Waals surface area (Å²) < 4.78 is 1.92. The molecular formula is C15H11ClN4OS. The summed E-state index contributed by atoms with van der Waals surface area (Å²) in [5, 5.41) is 20.9. The largest absolute Gasteiger partial charge is 0.506 e. The molecule has 0 amide bonds. The zero-order chi connectivity index (χ0) is 15.5. The summed E-state index contributed by atoms with van der Waals surface area (Å²) in [6, 6.07) is 14.4. The molecule has 3 aromatic rings. The number of hydrogen-bond acceptors (Lipinski definition) is 4. The lowest BCUT2D eigenvalue weighted by atomic mass is 10.2. The smallest absolute Gasteiger partial charge is 0.216 e. The topological polar surface area (TPSA) is 66.2 Å². The molecule has 110 valence electrons. The van der Waals surface area contributed by atoms with Crippen molar-refractivity contribution in [3.8, 4) is 17.1 Å². The Labute approximate surface area is 136 Å². The quantitative estimate of drug-likeness (QED) is 0.566. The van der Waals surface area contributed by atoms with E-state index in [1.54, 1.807) is 18.3 Å². The number of rotatable bonds is 3. The van der Waals surface area contributed by atoms with Crippen molar-refractivity contribution in [1.29, 1.82) is 0 Å². The number of aromatic hydroxyl groups is 1. The van der Waals surface area contributed by atoms with Crippen LogP contribution in [0.2, 0.25) is 5.02 Å². The number of hydrogen-bond donors (Lipinski definition) is 2. The molecule has 0 spiro atoms. The third-order valence-corrected chi connectivity index (χ3v) is 3.54. The highest BCUT2D eigenvalue weighted by Gasteiger charge is 2.07. The molecule has 0 atom stereocenters. The average Bonchev–Trinajstić information content (AvgIpc) is 2.90. The first-order valence-electron chi connectivity index (χ1n) is 6.41. The highest BCUT2D eigenvalue weighted by Crippen LogP contribution is 2.23. The second-order valence-corrected chi connectivity index (χ2v) is 5.28. The Morgan fingerprint density at radius 2 is 2.00 bits per heavy atom. The summed E-state index contributed by atoms with van der Waals surface area (Å²) in [6.07, 6.45) is 1.60. The summed E-state index contributed by atoms with van der Waals surface area (Å²) in [7, 11) is 0. The van der Waals surface area contributed by atoms with E-state index in [1.807, 2.05) is 30.3 Å². The van der Waals surface area contributed by atoms with E-state index in [1.165, 1.54) is 10.7 Å². The van der Waals surface area contributed by atoms with Gasteiger partial charge in [0.25, 0.3) is 0 Å². The first-order valence-corrected chi connectivity index (χ1v) is 7.19. The van der Waals surface area contributed by atoms with Crippen LogP contribution < -0.4 is 0 Å². The number of H-pyrrole nitrogens is 1. The number of nitrogens with zero attached hydrogens (tertiary/aromatic N) is 3. The van der Waals surface area contributed by atoms with E-state index in [2.05, 4.69) is 15.3 Å². The molecule has 0 bridgehead atoms. The Bertz CT molecular complexity index is 886. The van der Waals surface area contributed by atoms with Crippen LogP contribution in [0.5, 0.6) is 5.75 Å². The summed E-state index contributed by atoms with van der Waals surface area (Å²) in [4.78, 5) is 0. The number of phenols is 1. The van der Waals surface area contributed by atoms with E-state index in [4.69, 9.17) is 23.8 Å². The summed E-state index contributed by atoms with van der Waals surface area (Å²) in [6.45, 7) is 0. The molecule has 5 nitrogen and oxygen atoms in total. The van der Waals surface area contributed by atoms with Crippen molar-refractivity contribution >= 4 is 30.0 Å². The number of nitrogens with one attached hydrogen (secondary N) is 1. The monoisotopic (exact) mass is 330 g/mol. The van der Waals surface area contributed by atoms with Crippen LogP contribution in [0.15, 0.2) is 53.6 Å². The number of aromatic nitrogens is 3. The number of halogens is 1. The minimum absolute atomic E-state index is 0.0312. The van der Waals surface area contributed by atoms with Gasteiger partial charge in [0.1, 0.15) is 5.75 Å². The van der Waals surface area contributed by atoms with Gasteiger partial charge in [0.05, 0.1) is 11.2 Å². The number of phenolic OH excluding ortho intramolecular Hbond substituents is 1. The van der Waals surface area contributed by atoms with Crippen molar-refractivity contribution < 1.29 is 5.11 Å². The molecule has 0 aliphatic rings. The van der Waals surface area contributed by atoms with Gasteiger partial charge in [-0.25, -0.2) is 5.10 Å². The first kappa shape index (κ1) is 14.5. The molecular weight excluding hydrogens is 320 g/mol. The van der Waals surface area contributed by atoms with Gasteiger partial charge < -0.3 is 5.11 Å². The second-order valence-electron chi connectivity index (χ2n) is 4.49. The van der Waals surface area contributed by atoms with Gasteiger partial charge in [-0.15, -0.1) is 0 Å². The fourth-order valence-electron chi connectivity index (χ4n) is 1.90. The predicted octanol–water partition coefficient (Wildman–Crippen LogP) is 3.85. The van der Waals surface area contributed by atoms with Gasteiger partial charge in [-0.1, -0.05) is 41.9 Å². The lowest BCUT2D eigenvalue weighted by Gasteiger charge is -2.01. The minimum Gasteiger partial charge on any atom is -0.506 e. The lowest BCUT2D eigenvalue weighted by Crippen LogP contribution is -1.95. The maximum Gasteiger partial charge on any atom is 0.216 e. The summed E-state index contributed by atoms with van der Waals surface area (Å²) in [5.74, 6) is 0.649. The maximum atomic E-state index is 9.42. The first-order chi connectivity index (χ1) is 10.6. The lowest BCUT2D eigenvalue weighted by molar-refractivity contribution is 0.475. The van der Waals surface area contributed by atoms with Crippen LogP contribution >= 0.6 is 23.8 Å². The van der Waals surface area contributed by atoms with Crippen LogP contribution in [0.4, 0.5) is 0 Å². The Hall–Kier alpha value is -2.44. The fourth-order valence-corrected chi connectivity index (χ4v) is 2.27. The molecule has 2 aromatic carbocycles. The molecule has 0 fully saturated rings. The maximum absolute atomic E-state index is 9.42. The molecule has 7 heteroatoms. The predicted molar refractivity (Wildman–Crippen MR) is 89.0 cm³/mol. The molecule has 0 radical (unpaired) electrons. The Kier molecular flexibility index (Phi) is 4.04. The van der Waals surface area contributed by atoms with E-state index in [-0.39, 0.29) is 10.8 Å². The fraction of sp³-hybridized carbons (Fsp3) is 0. The Balaban J connectivity index is 1.99. The normalized spacial score (nSPS) is 11.1. The van der Waals surface area contributed by atoms with Crippen LogP contribution in [-0.4, -0.2) is 26.2 Å². The standard InChI is InChI=1S/C15H11ClN4OS/c16-12-8-10(6-7-13(12)21)9-17-20-14(18-19-15(20)22)11-4-2-1-3-5-11/h1-9,21H,(H,19,22)/b17-9-. The van der Waals surface area contributed by atoms with E-state index < -0.39 is 0 Å². The Morgan fingerprint density at radius 3 is 2.73 bits per heavy atom. The van der Waals surface area contributed by atoms with Crippen LogP contribution in [-0.2, 0) is 0 Å². The molecule has 0 unspecified atom stereocenters. The van der Waals surface area contributed by atoms with Gasteiger partial charge in [0, 0.05) is 5.56 Å². The van der Waals surface area contributed by atoms with E-state index >= 15 is 0 Å². The SMILES string of the molecule is Oc1ccc(/C=N\n2c(-c3ccccc3)n[nH]c2=S)cc1Cl. The van der Waals surface area contributed by atoms with Gasteiger partial charge in [0.2, 0.25) is 4.77 Å². The zero-order valence-corrected chi connectivity index (χ0v) is 12.8. The van der Waals surface area contributed by atoms with E-state index in [0.29, 0.717) is 10.6 Å². The van der Waals surface area contributed by atoms with E-state index in [9.17, 15) is 5.11 Å². The van der Waals surface area contributed by atoms with Crippen molar-refractivity contribution in [3.63, 3.8) is 0 Å². The molecule has 2 N–H and O–H groups in total. The van der Waals surface area contributed by atoms with Gasteiger partial charge in [-0.05, 0) is 36.0 Å². The third-order valence-electron chi connectivity index (χ3n) is 2.98. The molecule has 0 aliphatic heterocycles. The molecule has 0 aliphatic carbocycles. The van der Waals surface area contributed by atoms with Crippen molar-refractivity contribution in [2.24, 2.45) is 5.10 Å². The molecule has 1 aromatic heterocycles. The molecule has 1 heterocycles. The molecule has 22 heavy (non-hydrogen) atoms. The summed E-state index contributed by atoms with van der Waals surface area (Å²) in [5.41, 5.74) is 1.64. The molecule has 3 rings (SSSR count). The van der Waals surface area contributed by atoms with Crippen LogP contribution in [0.3, 0.4) is 0 Å². The summed E-state index contributed by atoms with van der Waals surface area (Å²) >= 11 is 11.1. The third kappa shape index (κ3) is 2.93.